The van der Waals surface area contributed by atoms with Gasteiger partial charge in [-0.3, -0.25) is 14.5 Å². The maximum atomic E-state index is 12.7. The monoisotopic (exact) mass is 336 g/mol. The molecule has 0 unspecified atom stereocenters. The molecule has 0 N–H and O–H groups in total. The lowest BCUT2D eigenvalue weighted by molar-refractivity contribution is -0.155. The van der Waals surface area contributed by atoms with Crippen molar-refractivity contribution in [1.82, 2.24) is 14.7 Å². The van der Waals surface area contributed by atoms with E-state index < -0.39 is 5.60 Å². The molecule has 3 heterocycles. The lowest BCUT2D eigenvalue weighted by Crippen LogP contribution is -2.56. The Bertz CT molecular complexity index is 522. The Morgan fingerprint density at radius 3 is 2.29 bits per heavy atom. The molecule has 24 heavy (non-hydrogen) atoms. The van der Waals surface area contributed by atoms with Crippen LogP contribution in [-0.2, 0) is 14.4 Å². The number of piperidine rings is 1. The Morgan fingerprint density at radius 2 is 1.71 bits per heavy atom. The molecule has 2 amide bonds. The molecule has 7 heteroatoms. The molecule has 0 aromatic heterocycles. The lowest BCUT2D eigenvalue weighted by Gasteiger charge is -2.38. The lowest BCUT2D eigenvalue weighted by atomic mass is 9.98. The fraction of sp³-hybridized carbons (Fsp3) is 0.824. The molecule has 2 saturated heterocycles. The number of nitrogens with zero attached hydrogens (tertiary/aromatic N) is 4. The summed E-state index contributed by atoms with van der Waals surface area (Å²) in [6.07, 6.45) is 4.02. The molecule has 0 radical (unpaired) electrons. The third kappa shape index (κ3) is 3.71. The minimum atomic E-state index is -0.851. The first kappa shape index (κ1) is 17.2. The first-order valence-corrected chi connectivity index (χ1v) is 8.99. The summed E-state index contributed by atoms with van der Waals surface area (Å²) in [7, 11) is 0. The SMILES string of the molecule is CC1=NO[C@](C)(C(=O)N2CCN(CC(=O)N3CCCCC3)CC2)C1. The van der Waals surface area contributed by atoms with E-state index in [0.29, 0.717) is 26.1 Å². The van der Waals surface area contributed by atoms with Gasteiger partial charge in [0.15, 0.2) is 0 Å². The van der Waals surface area contributed by atoms with E-state index in [2.05, 4.69) is 10.1 Å². The largest absolute Gasteiger partial charge is 0.379 e. The second-order valence-electron chi connectivity index (χ2n) is 7.34. The first-order chi connectivity index (χ1) is 11.5. The smallest absolute Gasteiger partial charge is 0.269 e. The highest BCUT2D eigenvalue weighted by atomic mass is 16.7. The molecule has 134 valence electrons. The van der Waals surface area contributed by atoms with Gasteiger partial charge >= 0.3 is 0 Å². The minimum absolute atomic E-state index is 0.00473. The average Bonchev–Trinajstić information content (AvgIpc) is 2.96. The molecule has 3 aliphatic rings. The molecule has 1 atom stereocenters. The summed E-state index contributed by atoms with van der Waals surface area (Å²) in [5, 5.41) is 3.92. The number of piperazine rings is 1. The number of likely N-dealkylation sites (tertiary alicyclic amines) is 1. The van der Waals surface area contributed by atoms with Crippen LogP contribution in [0, 0.1) is 0 Å². The van der Waals surface area contributed by atoms with Crippen LogP contribution in [0.3, 0.4) is 0 Å². The normalized spacial score (nSPS) is 28.5. The van der Waals surface area contributed by atoms with Crippen LogP contribution in [0.4, 0.5) is 0 Å². The maximum Gasteiger partial charge on any atom is 0.269 e. The molecule has 0 aromatic carbocycles. The van der Waals surface area contributed by atoms with Crippen LogP contribution in [0.2, 0.25) is 0 Å². The van der Waals surface area contributed by atoms with Gasteiger partial charge in [-0.1, -0.05) is 5.16 Å². The molecular formula is C17H28N4O3. The summed E-state index contributed by atoms with van der Waals surface area (Å²) in [6.45, 7) is 8.71. The first-order valence-electron chi connectivity index (χ1n) is 8.99. The van der Waals surface area contributed by atoms with Crippen molar-refractivity contribution in [3.8, 4) is 0 Å². The molecule has 3 aliphatic heterocycles. The summed E-state index contributed by atoms with van der Waals surface area (Å²) in [6, 6.07) is 0. The van der Waals surface area contributed by atoms with Crippen LogP contribution in [0.5, 0.6) is 0 Å². The van der Waals surface area contributed by atoms with Crippen molar-refractivity contribution < 1.29 is 14.4 Å². The molecule has 2 fully saturated rings. The number of hydrogen-bond acceptors (Lipinski definition) is 5. The van der Waals surface area contributed by atoms with Gasteiger partial charge in [-0.2, -0.15) is 0 Å². The summed E-state index contributed by atoms with van der Waals surface area (Å²) in [5.41, 5.74) is 0.00666. The van der Waals surface area contributed by atoms with Crippen LogP contribution < -0.4 is 0 Å². The van der Waals surface area contributed by atoms with Crippen LogP contribution in [0.25, 0.3) is 0 Å². The summed E-state index contributed by atoms with van der Waals surface area (Å²) in [4.78, 5) is 36.4. The fourth-order valence-electron chi connectivity index (χ4n) is 3.72. The van der Waals surface area contributed by atoms with Gasteiger partial charge in [0.05, 0.1) is 12.3 Å². The summed E-state index contributed by atoms with van der Waals surface area (Å²) >= 11 is 0. The predicted molar refractivity (Wildman–Crippen MR) is 90.7 cm³/mol. The molecule has 0 spiro atoms. The van der Waals surface area contributed by atoms with Gasteiger partial charge in [-0.25, -0.2) is 0 Å². The number of carbonyl (C=O) groups is 2. The second kappa shape index (κ2) is 7.09. The third-order valence-electron chi connectivity index (χ3n) is 5.18. The molecule has 0 aromatic rings. The van der Waals surface area contributed by atoms with Crippen molar-refractivity contribution in [3.05, 3.63) is 0 Å². The van der Waals surface area contributed by atoms with E-state index in [1.807, 2.05) is 23.6 Å². The van der Waals surface area contributed by atoms with Crippen molar-refractivity contribution in [2.24, 2.45) is 5.16 Å². The van der Waals surface area contributed by atoms with E-state index in [-0.39, 0.29) is 11.8 Å². The fourth-order valence-corrected chi connectivity index (χ4v) is 3.72. The van der Waals surface area contributed by atoms with Gasteiger partial charge in [0, 0.05) is 45.7 Å². The molecule has 0 saturated carbocycles. The standard InChI is InChI=1S/C17H28N4O3/c1-14-12-17(2,24-18-14)16(23)21-10-8-19(9-11-21)13-15(22)20-6-4-3-5-7-20/h3-13H2,1-2H3/t17-/m0/s1. The highest BCUT2D eigenvalue weighted by Crippen LogP contribution is 2.26. The summed E-state index contributed by atoms with van der Waals surface area (Å²) in [5.74, 6) is 0.231. The van der Waals surface area contributed by atoms with Crippen molar-refractivity contribution in [2.45, 2.75) is 45.1 Å². The molecule has 0 aliphatic carbocycles. The highest BCUT2D eigenvalue weighted by molar-refractivity contribution is 5.94. The van der Waals surface area contributed by atoms with Gasteiger partial charge in [-0.05, 0) is 33.1 Å². The number of carbonyl (C=O) groups excluding carboxylic acids is 2. The zero-order valence-corrected chi connectivity index (χ0v) is 14.8. The van der Waals surface area contributed by atoms with Crippen molar-refractivity contribution >= 4 is 17.5 Å². The van der Waals surface area contributed by atoms with E-state index in [9.17, 15) is 9.59 Å². The molecule has 3 rings (SSSR count). The Kier molecular flexibility index (Phi) is 5.08. The molecule has 7 nitrogen and oxygen atoms in total. The highest BCUT2D eigenvalue weighted by Gasteiger charge is 2.44. The Hall–Kier alpha value is -1.63. The van der Waals surface area contributed by atoms with E-state index >= 15 is 0 Å². The Morgan fingerprint density at radius 1 is 1.04 bits per heavy atom. The van der Waals surface area contributed by atoms with Crippen molar-refractivity contribution in [3.63, 3.8) is 0 Å². The summed E-state index contributed by atoms with van der Waals surface area (Å²) < 4.78 is 0. The topological polar surface area (TPSA) is 65.5 Å². The van der Waals surface area contributed by atoms with Gasteiger partial charge in [0.25, 0.3) is 5.91 Å². The van der Waals surface area contributed by atoms with E-state index in [1.165, 1.54) is 6.42 Å². The van der Waals surface area contributed by atoms with E-state index in [0.717, 1.165) is 44.7 Å². The van der Waals surface area contributed by atoms with Crippen LogP contribution in [0.15, 0.2) is 5.16 Å². The van der Waals surface area contributed by atoms with Crippen molar-refractivity contribution in [2.75, 3.05) is 45.8 Å². The Labute approximate surface area is 143 Å². The molecule has 0 bridgehead atoms. The van der Waals surface area contributed by atoms with Gasteiger partial charge in [0.2, 0.25) is 11.5 Å². The van der Waals surface area contributed by atoms with Crippen LogP contribution in [-0.4, -0.2) is 83.6 Å². The van der Waals surface area contributed by atoms with Crippen LogP contribution in [0.1, 0.15) is 39.5 Å². The third-order valence-corrected chi connectivity index (χ3v) is 5.18. The zero-order valence-electron chi connectivity index (χ0n) is 14.8. The number of hydrogen-bond donors (Lipinski definition) is 0. The number of rotatable bonds is 3. The van der Waals surface area contributed by atoms with Crippen LogP contribution >= 0.6 is 0 Å². The maximum absolute atomic E-state index is 12.7. The number of oxime groups is 1. The predicted octanol–water partition coefficient (Wildman–Crippen LogP) is 0.698. The second-order valence-corrected chi connectivity index (χ2v) is 7.34. The van der Waals surface area contributed by atoms with Crippen molar-refractivity contribution in [1.29, 1.82) is 0 Å². The number of amides is 2. The zero-order chi connectivity index (χ0) is 17.2. The average molecular weight is 336 g/mol. The van der Waals surface area contributed by atoms with Gasteiger partial charge in [-0.15, -0.1) is 0 Å². The quantitative estimate of drug-likeness (QED) is 0.761. The van der Waals surface area contributed by atoms with E-state index in [1.54, 1.807) is 0 Å². The molecular weight excluding hydrogens is 308 g/mol. The minimum Gasteiger partial charge on any atom is -0.379 e. The Balaban J connectivity index is 1.45. The van der Waals surface area contributed by atoms with Gasteiger partial charge < -0.3 is 14.6 Å². The van der Waals surface area contributed by atoms with E-state index in [4.69, 9.17) is 4.84 Å². The van der Waals surface area contributed by atoms with Gasteiger partial charge in [0.1, 0.15) is 0 Å².